The van der Waals surface area contributed by atoms with Gasteiger partial charge in [-0.2, -0.15) is 0 Å². The molecule has 0 amide bonds. The molecule has 4 aromatic heterocycles. The molecule has 2 aliphatic rings. The smallest absolute Gasteiger partial charge is 0.104 e. The average molecular weight is 528 g/mol. The van der Waals surface area contributed by atoms with Crippen molar-refractivity contribution < 1.29 is 0 Å². The summed E-state index contributed by atoms with van der Waals surface area (Å²) in [4.78, 5) is 10.6. The molecule has 3 nitrogen and oxygen atoms in total. The van der Waals surface area contributed by atoms with Crippen molar-refractivity contribution in [2.24, 2.45) is 0 Å². The Balaban J connectivity index is 1.72. The van der Waals surface area contributed by atoms with Crippen molar-refractivity contribution in [1.29, 1.82) is 0 Å². The van der Waals surface area contributed by atoms with Crippen LogP contribution in [0.15, 0.2) is 30.6 Å². The first kappa shape index (κ1) is 22.4. The van der Waals surface area contributed by atoms with E-state index in [9.17, 15) is 0 Å². The summed E-state index contributed by atoms with van der Waals surface area (Å²) < 4.78 is 2.57. The topological polar surface area (TPSA) is 30.2 Å². The largest absolute Gasteiger partial charge is 0.305 e. The Hall–Kier alpha value is -1.81. The molecule has 180 valence electrons. The third-order valence-electron chi connectivity index (χ3n) is 9.78. The van der Waals surface area contributed by atoms with Crippen LogP contribution in [-0.4, -0.2) is 46.7 Å². The quantitative estimate of drug-likeness (QED) is 0.255. The van der Waals surface area contributed by atoms with Crippen molar-refractivity contribution in [1.82, 2.24) is 14.4 Å². The van der Waals surface area contributed by atoms with Gasteiger partial charge in [0.1, 0.15) is 16.1 Å². The molecule has 0 bridgehead atoms. The summed E-state index contributed by atoms with van der Waals surface area (Å²) in [5.74, 6) is 0. The molecule has 0 saturated heterocycles. The molecule has 6 heterocycles. The minimum absolute atomic E-state index is 1.32. The molecular weight excluding hydrogens is 491 g/mol. The van der Waals surface area contributed by atoms with E-state index in [2.05, 4.69) is 87.4 Å². The molecule has 7 rings (SSSR count). The summed E-state index contributed by atoms with van der Waals surface area (Å²) in [6, 6.07) is 12.7. The van der Waals surface area contributed by atoms with Crippen LogP contribution in [0, 0.1) is 0 Å². The second kappa shape index (κ2) is 6.54. The number of aromatic nitrogens is 3. The van der Waals surface area contributed by atoms with Gasteiger partial charge in [0.15, 0.2) is 0 Å². The first-order chi connectivity index (χ1) is 16.4. The molecule has 35 heavy (non-hydrogen) atoms. The Morgan fingerprint density at radius 3 is 1.43 bits per heavy atom. The number of pyridine rings is 2. The predicted octanol–water partition coefficient (Wildman–Crippen LogP) is 5.32. The highest BCUT2D eigenvalue weighted by atomic mass is 28.3. The van der Waals surface area contributed by atoms with Crippen LogP contribution in [0.1, 0.15) is 0 Å². The van der Waals surface area contributed by atoms with Crippen LogP contribution in [0.5, 0.6) is 0 Å². The van der Waals surface area contributed by atoms with Crippen molar-refractivity contribution in [3.63, 3.8) is 0 Å². The predicted molar refractivity (Wildman–Crippen MR) is 164 cm³/mol. The average Bonchev–Trinajstić information content (AvgIpc) is 3.31. The van der Waals surface area contributed by atoms with Crippen LogP contribution >= 0.6 is 0 Å². The molecule has 0 radical (unpaired) electrons. The van der Waals surface area contributed by atoms with E-state index in [0.29, 0.717) is 0 Å². The van der Waals surface area contributed by atoms with Gasteiger partial charge in [0.2, 0.25) is 0 Å². The lowest BCUT2D eigenvalue weighted by Crippen LogP contribution is -2.65. The van der Waals surface area contributed by atoms with Gasteiger partial charge in [0.05, 0.1) is 45.1 Å². The third-order valence-corrected chi connectivity index (χ3v) is 24.3. The van der Waals surface area contributed by atoms with Gasteiger partial charge in [-0.25, -0.2) is 0 Å². The second-order valence-electron chi connectivity index (χ2n) is 14.1. The molecule has 1 aromatic carbocycles. The summed E-state index contributed by atoms with van der Waals surface area (Å²) >= 11 is 0. The maximum absolute atomic E-state index is 5.31. The summed E-state index contributed by atoms with van der Waals surface area (Å²) in [5.41, 5.74) is 4.07. The summed E-state index contributed by atoms with van der Waals surface area (Å²) in [6.07, 6.45) is 4.47. The zero-order valence-corrected chi connectivity index (χ0v) is 26.6. The van der Waals surface area contributed by atoms with Crippen molar-refractivity contribution in [2.45, 2.75) is 76.6 Å². The van der Waals surface area contributed by atoms with E-state index in [0.717, 1.165) is 0 Å². The highest BCUT2D eigenvalue weighted by Gasteiger charge is 2.45. The Morgan fingerprint density at radius 2 is 1.00 bits per heavy atom. The summed E-state index contributed by atoms with van der Waals surface area (Å²) in [5, 5.41) is 12.3. The lowest BCUT2D eigenvalue weighted by atomic mass is 10.1. The number of fused-ring (bicyclic) bond motifs is 10. The van der Waals surface area contributed by atoms with Gasteiger partial charge in [0, 0.05) is 32.2 Å². The Morgan fingerprint density at radius 1 is 0.600 bits per heavy atom. The minimum Gasteiger partial charge on any atom is -0.305 e. The van der Waals surface area contributed by atoms with Crippen LogP contribution < -0.4 is 21.0 Å². The number of rotatable bonds is 0. The van der Waals surface area contributed by atoms with Crippen molar-refractivity contribution in [3.05, 3.63) is 30.6 Å². The maximum atomic E-state index is 5.31. The first-order valence-corrected chi connectivity index (χ1v) is 26.2. The van der Waals surface area contributed by atoms with Gasteiger partial charge in [0.25, 0.3) is 0 Å². The van der Waals surface area contributed by atoms with Gasteiger partial charge < -0.3 is 4.40 Å². The van der Waals surface area contributed by atoms with Crippen molar-refractivity contribution in [3.8, 4) is 0 Å². The highest BCUT2D eigenvalue weighted by Crippen LogP contribution is 2.40. The summed E-state index contributed by atoms with van der Waals surface area (Å²) in [6.45, 7) is 20.5. The number of para-hydroxylation sites is 1. The molecule has 2 aliphatic heterocycles. The standard InChI is InChI=1S/C28H37N3Si4/c1-32(2)12-14-34(5,6)27-25(32)22-18-10-9-11-19-23-21(31(24(18)19)20(22)16-29-27)17-30-28-26(23)33(3,4)13-15-35(28,7)8/h9-11,16-17H,12-15H2,1-8H3. The van der Waals surface area contributed by atoms with E-state index in [1.165, 1.54) is 72.9 Å². The normalized spacial score (nSPS) is 22.2. The van der Waals surface area contributed by atoms with Gasteiger partial charge in [-0.3, -0.25) is 9.97 Å². The van der Waals surface area contributed by atoms with Crippen molar-refractivity contribution in [2.75, 3.05) is 0 Å². The third kappa shape index (κ3) is 2.70. The molecular formula is C28H37N3Si4. The molecule has 0 saturated carbocycles. The maximum Gasteiger partial charge on any atom is 0.104 e. The molecule has 0 atom stereocenters. The fraction of sp³-hybridized carbons (Fsp3) is 0.429. The summed E-state index contributed by atoms with van der Waals surface area (Å²) in [7, 11) is -6.14. The SMILES string of the molecule is C[Si]1(C)CC[Si](C)(C)c2c1ncc1c2c2cccc3c4c5c(ncc4n1c23)[Si](C)(C)CC[Si]5(C)C. The van der Waals surface area contributed by atoms with Crippen LogP contribution in [0.2, 0.25) is 76.6 Å². The molecule has 0 aliphatic carbocycles. The lowest BCUT2D eigenvalue weighted by Gasteiger charge is -2.39. The van der Waals surface area contributed by atoms with E-state index < -0.39 is 32.3 Å². The van der Waals surface area contributed by atoms with Gasteiger partial charge in [-0.1, -0.05) is 94.8 Å². The second-order valence-corrected chi connectivity index (χ2v) is 33.1. The first-order valence-electron chi connectivity index (χ1n) is 13.4. The molecule has 0 unspecified atom stereocenters. The van der Waals surface area contributed by atoms with Crippen LogP contribution in [0.3, 0.4) is 0 Å². The van der Waals surface area contributed by atoms with Crippen molar-refractivity contribution >= 4 is 91.4 Å². The monoisotopic (exact) mass is 527 g/mol. The van der Waals surface area contributed by atoms with E-state index in [1.54, 1.807) is 10.4 Å². The van der Waals surface area contributed by atoms with E-state index in [1.807, 2.05) is 0 Å². The van der Waals surface area contributed by atoms with Crippen LogP contribution in [0.4, 0.5) is 0 Å². The minimum atomic E-state index is -1.56. The zero-order valence-electron chi connectivity index (χ0n) is 22.6. The Kier molecular flexibility index (Phi) is 4.18. The Bertz CT molecular complexity index is 1590. The Labute approximate surface area is 212 Å². The molecule has 0 spiro atoms. The number of nitrogens with zero attached hydrogens (tertiary/aromatic N) is 3. The molecule has 0 fully saturated rings. The lowest BCUT2D eigenvalue weighted by molar-refractivity contribution is 1.23. The molecule has 5 aromatic rings. The van der Waals surface area contributed by atoms with E-state index in [4.69, 9.17) is 9.97 Å². The van der Waals surface area contributed by atoms with Gasteiger partial charge in [-0.05, 0) is 10.4 Å². The highest BCUT2D eigenvalue weighted by molar-refractivity contribution is 7.05. The van der Waals surface area contributed by atoms with Gasteiger partial charge >= 0.3 is 0 Å². The van der Waals surface area contributed by atoms with E-state index in [-0.39, 0.29) is 0 Å². The van der Waals surface area contributed by atoms with E-state index >= 15 is 0 Å². The number of hydrogen-bond donors (Lipinski definition) is 0. The number of hydrogen-bond acceptors (Lipinski definition) is 2. The fourth-order valence-corrected chi connectivity index (χ4v) is 28.3. The molecule has 0 N–H and O–H groups in total. The van der Waals surface area contributed by atoms with Gasteiger partial charge in [-0.15, -0.1) is 0 Å². The van der Waals surface area contributed by atoms with Crippen LogP contribution in [-0.2, 0) is 0 Å². The fourth-order valence-electron chi connectivity index (χ4n) is 7.53. The molecule has 7 heteroatoms. The number of benzene rings is 1. The van der Waals surface area contributed by atoms with Crippen LogP contribution in [0.25, 0.3) is 38.1 Å². The zero-order chi connectivity index (χ0) is 24.7.